The Balaban J connectivity index is 3.15. The number of hydrogen-bond donors (Lipinski definition) is 0. The first-order valence-corrected chi connectivity index (χ1v) is 3.83. The van der Waals surface area contributed by atoms with Gasteiger partial charge in [-0.3, -0.25) is 0 Å². The van der Waals surface area contributed by atoms with Crippen LogP contribution in [0.1, 0.15) is 6.92 Å². The molecular weight excluding hydrogens is 121 g/mol. The normalized spacial score (nSPS) is 13.7. The highest BCUT2D eigenvalue weighted by Crippen LogP contribution is 2.12. The van der Waals surface area contributed by atoms with E-state index in [-0.39, 0.29) is 0 Å². The number of alkyl halides is 3. The van der Waals surface area contributed by atoms with Crippen molar-refractivity contribution in [2.45, 2.75) is 18.8 Å². The fraction of sp³-hybridized carbons (Fsp3) is 1.00. The second-order valence-corrected chi connectivity index (χ2v) is 3.67. The van der Waals surface area contributed by atoms with E-state index in [9.17, 15) is 13.2 Å². The fourth-order valence-corrected chi connectivity index (χ4v) is 0.850. The Hall–Kier alpha value is 0.00688. The van der Waals surface area contributed by atoms with Gasteiger partial charge < -0.3 is 0 Å². The van der Waals surface area contributed by atoms with Crippen LogP contribution in [0.3, 0.4) is 0 Å². The minimum absolute atomic E-state index is 0.323. The first-order valence-electron chi connectivity index (χ1n) is 2.13. The smallest absolute Gasteiger partial charge is 0.178 e. The molecule has 0 rings (SSSR count). The number of rotatable bonds is 1. The molecule has 0 aromatic heterocycles. The highest BCUT2D eigenvalue weighted by atomic mass is 28.2. The Morgan fingerprint density at radius 2 is 1.86 bits per heavy atom. The van der Waals surface area contributed by atoms with Gasteiger partial charge >= 0.3 is 5.80 Å². The van der Waals surface area contributed by atoms with Gasteiger partial charge in [0.2, 0.25) is 0 Å². The molecule has 4 heteroatoms. The molecule has 0 aliphatic carbocycles. The second-order valence-electron chi connectivity index (χ2n) is 1.37. The highest BCUT2D eigenvalue weighted by Gasteiger charge is 2.24. The monoisotopic (exact) mass is 128 g/mol. The topological polar surface area (TPSA) is 0 Å². The first-order chi connectivity index (χ1) is 3.06. The maximum absolute atomic E-state index is 11.1. The van der Waals surface area contributed by atoms with Crippen molar-refractivity contribution in [2.24, 2.45) is 0 Å². The molecule has 0 radical (unpaired) electrons. The second kappa shape index (κ2) is 2.35. The van der Waals surface area contributed by atoms with Gasteiger partial charge in [-0.15, -0.1) is 0 Å². The van der Waals surface area contributed by atoms with Gasteiger partial charge in [0.15, 0.2) is 9.52 Å². The van der Waals surface area contributed by atoms with Crippen LogP contribution in [-0.4, -0.2) is 15.3 Å². The Bertz CT molecular complexity index is 48.6. The summed E-state index contributed by atoms with van der Waals surface area (Å²) in [5.41, 5.74) is 0. The third-order valence-electron chi connectivity index (χ3n) is 0.533. The van der Waals surface area contributed by atoms with Crippen molar-refractivity contribution in [1.82, 2.24) is 0 Å². The maximum atomic E-state index is 11.1. The summed E-state index contributed by atoms with van der Waals surface area (Å²) in [6.07, 6.45) is 0. The van der Waals surface area contributed by atoms with Gasteiger partial charge in [-0.2, -0.15) is 13.2 Å². The van der Waals surface area contributed by atoms with Crippen LogP contribution in [-0.2, 0) is 0 Å². The van der Waals surface area contributed by atoms with Gasteiger partial charge in [0.05, 0.1) is 0 Å². The average Bonchev–Trinajstić information content (AvgIpc) is 1.30. The molecule has 0 aliphatic rings. The van der Waals surface area contributed by atoms with Gasteiger partial charge in [-0.1, -0.05) is 13.0 Å². The molecule has 44 valence electrons. The molecular formula is C3H7F3Si. The van der Waals surface area contributed by atoms with Crippen LogP contribution in [0.2, 0.25) is 6.04 Å². The van der Waals surface area contributed by atoms with Gasteiger partial charge in [-0.25, -0.2) is 0 Å². The third-order valence-corrected chi connectivity index (χ3v) is 1.60. The molecule has 0 spiro atoms. The molecule has 0 unspecified atom stereocenters. The molecule has 0 saturated heterocycles. The van der Waals surface area contributed by atoms with Crippen LogP contribution in [0.5, 0.6) is 0 Å². The van der Waals surface area contributed by atoms with E-state index >= 15 is 0 Å². The van der Waals surface area contributed by atoms with Gasteiger partial charge in [0.1, 0.15) is 0 Å². The lowest BCUT2D eigenvalue weighted by atomic mass is 11.0. The zero-order chi connectivity index (χ0) is 5.91. The summed E-state index contributed by atoms with van der Waals surface area (Å²) in [5, 5.41) is 0. The molecule has 0 bridgehead atoms. The standard InChI is InChI=1S/C3H7F3Si/c1-2-7-3(4,5)6/h2,7H2,1H3. The summed E-state index contributed by atoms with van der Waals surface area (Å²) in [7, 11) is -1.74. The molecule has 0 atom stereocenters. The summed E-state index contributed by atoms with van der Waals surface area (Å²) in [6, 6.07) is 0.323. The Kier molecular flexibility index (Phi) is 2.35. The Labute approximate surface area is 42.5 Å². The van der Waals surface area contributed by atoms with Gasteiger partial charge in [0, 0.05) is 0 Å². The van der Waals surface area contributed by atoms with Gasteiger partial charge in [-0.05, 0) is 0 Å². The molecule has 0 nitrogen and oxygen atoms in total. The largest absolute Gasteiger partial charge is 0.354 e. The van der Waals surface area contributed by atoms with E-state index in [1.807, 2.05) is 0 Å². The van der Waals surface area contributed by atoms with E-state index < -0.39 is 15.3 Å². The van der Waals surface area contributed by atoms with Crippen molar-refractivity contribution in [3.8, 4) is 0 Å². The molecule has 0 amide bonds. The molecule has 0 aromatic rings. The van der Waals surface area contributed by atoms with Crippen molar-refractivity contribution in [2.75, 3.05) is 0 Å². The van der Waals surface area contributed by atoms with Crippen LogP contribution in [0, 0.1) is 0 Å². The average molecular weight is 128 g/mol. The zero-order valence-corrected chi connectivity index (χ0v) is 5.46. The van der Waals surface area contributed by atoms with Crippen molar-refractivity contribution < 1.29 is 13.2 Å². The van der Waals surface area contributed by atoms with E-state index in [1.165, 1.54) is 0 Å². The lowest BCUT2D eigenvalue weighted by molar-refractivity contribution is -0.0470. The van der Waals surface area contributed by atoms with Gasteiger partial charge in [0.25, 0.3) is 0 Å². The van der Waals surface area contributed by atoms with Crippen molar-refractivity contribution >= 4 is 9.52 Å². The quantitative estimate of drug-likeness (QED) is 0.464. The summed E-state index contributed by atoms with van der Waals surface area (Å²) in [5.74, 6) is -3.81. The molecule has 0 aliphatic heterocycles. The molecule has 0 aromatic carbocycles. The fourth-order valence-electron chi connectivity index (χ4n) is 0.283. The lowest BCUT2D eigenvalue weighted by Gasteiger charge is -1.99. The van der Waals surface area contributed by atoms with E-state index in [2.05, 4.69) is 0 Å². The third kappa shape index (κ3) is 6.01. The molecule has 0 saturated carbocycles. The molecule has 0 N–H and O–H groups in total. The summed E-state index contributed by atoms with van der Waals surface area (Å²) in [6.45, 7) is 1.57. The number of halogens is 3. The van der Waals surface area contributed by atoms with Crippen LogP contribution < -0.4 is 0 Å². The minimum atomic E-state index is -3.81. The Morgan fingerprint density at radius 3 is 1.86 bits per heavy atom. The van der Waals surface area contributed by atoms with E-state index in [0.29, 0.717) is 6.04 Å². The highest BCUT2D eigenvalue weighted by molar-refractivity contribution is 6.37. The molecule has 0 heterocycles. The van der Waals surface area contributed by atoms with Crippen molar-refractivity contribution in [3.63, 3.8) is 0 Å². The predicted molar refractivity (Wildman–Crippen MR) is 25.1 cm³/mol. The summed E-state index contributed by atoms with van der Waals surface area (Å²) in [4.78, 5) is 0. The van der Waals surface area contributed by atoms with Crippen LogP contribution in [0.15, 0.2) is 0 Å². The van der Waals surface area contributed by atoms with Crippen LogP contribution in [0.25, 0.3) is 0 Å². The minimum Gasteiger partial charge on any atom is -0.178 e. The van der Waals surface area contributed by atoms with Crippen molar-refractivity contribution in [1.29, 1.82) is 0 Å². The van der Waals surface area contributed by atoms with Crippen LogP contribution >= 0.6 is 0 Å². The summed E-state index contributed by atoms with van der Waals surface area (Å²) < 4.78 is 33.4. The zero-order valence-electron chi connectivity index (χ0n) is 4.05. The lowest BCUT2D eigenvalue weighted by Crippen LogP contribution is -2.16. The van der Waals surface area contributed by atoms with Crippen LogP contribution in [0.4, 0.5) is 13.2 Å². The Morgan fingerprint density at radius 1 is 1.43 bits per heavy atom. The van der Waals surface area contributed by atoms with Crippen molar-refractivity contribution in [3.05, 3.63) is 0 Å². The van der Waals surface area contributed by atoms with E-state index in [0.717, 1.165) is 0 Å². The molecule has 0 fully saturated rings. The number of hydrogen-bond acceptors (Lipinski definition) is 0. The SMILES string of the molecule is CC[SiH2]C(F)(F)F. The predicted octanol–water partition coefficient (Wildman–Crippen LogP) is 1.11. The van der Waals surface area contributed by atoms with E-state index in [4.69, 9.17) is 0 Å². The van der Waals surface area contributed by atoms with E-state index in [1.54, 1.807) is 6.92 Å². The maximum Gasteiger partial charge on any atom is 0.354 e. The molecule has 7 heavy (non-hydrogen) atoms. The first kappa shape index (κ1) is 7.01. The summed E-state index contributed by atoms with van der Waals surface area (Å²) >= 11 is 0.